The molecule has 2 rings (SSSR count). The molecule has 1 aromatic carbocycles. The molecule has 0 atom stereocenters. The van der Waals surface area contributed by atoms with Crippen molar-refractivity contribution in [1.29, 1.82) is 0 Å². The summed E-state index contributed by atoms with van der Waals surface area (Å²) >= 11 is 0. The number of carbonyl (C=O) groups excluding carboxylic acids is 1. The zero-order valence-corrected chi connectivity index (χ0v) is 14.5. The van der Waals surface area contributed by atoms with Gasteiger partial charge in [-0.25, -0.2) is 0 Å². The number of tetrazole rings is 1. The van der Waals surface area contributed by atoms with Crippen LogP contribution < -0.4 is 5.32 Å². The van der Waals surface area contributed by atoms with Crippen LogP contribution in [0.15, 0.2) is 24.3 Å². The summed E-state index contributed by atoms with van der Waals surface area (Å²) in [6.07, 6.45) is 1.67. The molecule has 0 unspecified atom stereocenters. The molecule has 0 spiro atoms. The second kappa shape index (κ2) is 8.01. The Balaban J connectivity index is 1.79. The van der Waals surface area contributed by atoms with Gasteiger partial charge in [0, 0.05) is 18.7 Å². The number of aliphatic hydroxyl groups excluding tert-OH is 1. The van der Waals surface area contributed by atoms with Gasteiger partial charge in [0.2, 0.25) is 11.7 Å². The van der Waals surface area contributed by atoms with Gasteiger partial charge in [0.15, 0.2) is 0 Å². The average molecular weight is 331 g/mol. The van der Waals surface area contributed by atoms with E-state index in [-0.39, 0.29) is 24.5 Å². The van der Waals surface area contributed by atoms with Crippen molar-refractivity contribution >= 4 is 5.91 Å². The lowest BCUT2D eigenvalue weighted by atomic mass is 9.89. The Morgan fingerprint density at radius 2 is 2.00 bits per heavy atom. The smallest absolute Gasteiger partial charge is 0.243 e. The molecule has 0 fully saturated rings. The van der Waals surface area contributed by atoms with Crippen LogP contribution in [0.2, 0.25) is 0 Å². The van der Waals surface area contributed by atoms with E-state index in [2.05, 4.69) is 20.7 Å². The van der Waals surface area contributed by atoms with Gasteiger partial charge in [0.25, 0.3) is 0 Å². The standard InChI is InChI=1S/C17H25N5O2/c1-13-5-7-14(8-6-13)16-19-21-22(20-16)11-15(24)18-10-4-9-17(2,3)12-23/h5-8,23H,4,9-12H2,1-3H3,(H,18,24). The van der Waals surface area contributed by atoms with Gasteiger partial charge in [0.1, 0.15) is 6.54 Å². The number of amides is 1. The third-order valence-corrected chi connectivity index (χ3v) is 3.83. The quantitative estimate of drug-likeness (QED) is 0.716. The molecule has 2 N–H and O–H groups in total. The molecule has 130 valence electrons. The second-order valence-corrected chi connectivity index (χ2v) is 6.79. The average Bonchev–Trinajstić information content (AvgIpc) is 3.01. The van der Waals surface area contributed by atoms with E-state index in [0.717, 1.165) is 24.0 Å². The number of aliphatic hydroxyl groups is 1. The highest BCUT2D eigenvalue weighted by molar-refractivity contribution is 5.75. The molecule has 0 aliphatic carbocycles. The molecule has 0 aliphatic heterocycles. The first kappa shape index (κ1) is 18.1. The van der Waals surface area contributed by atoms with Crippen molar-refractivity contribution in [2.45, 2.75) is 40.2 Å². The van der Waals surface area contributed by atoms with Crippen molar-refractivity contribution < 1.29 is 9.90 Å². The molecule has 7 nitrogen and oxygen atoms in total. The van der Waals surface area contributed by atoms with Crippen LogP contribution in [0, 0.1) is 12.3 Å². The lowest BCUT2D eigenvalue weighted by Crippen LogP contribution is -2.30. The Morgan fingerprint density at radius 1 is 1.29 bits per heavy atom. The van der Waals surface area contributed by atoms with Crippen LogP contribution in [0.25, 0.3) is 11.4 Å². The maximum atomic E-state index is 11.9. The first-order valence-corrected chi connectivity index (χ1v) is 8.12. The Hall–Kier alpha value is -2.28. The summed E-state index contributed by atoms with van der Waals surface area (Å²) < 4.78 is 0. The molecule has 1 aromatic heterocycles. The third-order valence-electron chi connectivity index (χ3n) is 3.83. The van der Waals surface area contributed by atoms with Crippen molar-refractivity contribution in [1.82, 2.24) is 25.5 Å². The van der Waals surface area contributed by atoms with Gasteiger partial charge in [0.05, 0.1) is 0 Å². The third kappa shape index (κ3) is 5.42. The number of hydrogen-bond donors (Lipinski definition) is 2. The Bertz CT molecular complexity index is 664. The molecule has 0 radical (unpaired) electrons. The molecule has 1 heterocycles. The summed E-state index contributed by atoms with van der Waals surface area (Å²) in [5.74, 6) is 0.358. The number of nitrogens with zero attached hydrogens (tertiary/aromatic N) is 4. The van der Waals surface area contributed by atoms with Crippen LogP contribution in [-0.4, -0.2) is 44.4 Å². The van der Waals surface area contributed by atoms with E-state index < -0.39 is 0 Å². The predicted molar refractivity (Wildman–Crippen MR) is 91.1 cm³/mol. The molecular weight excluding hydrogens is 306 g/mol. The van der Waals surface area contributed by atoms with Crippen LogP contribution in [0.4, 0.5) is 0 Å². The lowest BCUT2D eigenvalue weighted by Gasteiger charge is -2.21. The van der Waals surface area contributed by atoms with Crippen LogP contribution in [0.3, 0.4) is 0 Å². The maximum absolute atomic E-state index is 11.9. The number of rotatable bonds is 8. The second-order valence-electron chi connectivity index (χ2n) is 6.79. The van der Waals surface area contributed by atoms with Gasteiger partial charge in [-0.15, -0.1) is 10.2 Å². The molecule has 0 aliphatic rings. The molecule has 2 aromatic rings. The van der Waals surface area contributed by atoms with Crippen molar-refractivity contribution in [3.8, 4) is 11.4 Å². The van der Waals surface area contributed by atoms with E-state index in [1.165, 1.54) is 4.80 Å². The van der Waals surface area contributed by atoms with E-state index in [1.807, 2.05) is 45.0 Å². The lowest BCUT2D eigenvalue weighted by molar-refractivity contribution is -0.122. The van der Waals surface area contributed by atoms with E-state index in [0.29, 0.717) is 12.4 Å². The van der Waals surface area contributed by atoms with Gasteiger partial charge in [-0.2, -0.15) is 4.80 Å². The topological polar surface area (TPSA) is 92.9 Å². The number of nitrogens with one attached hydrogen (secondary N) is 1. The molecule has 24 heavy (non-hydrogen) atoms. The normalized spacial score (nSPS) is 11.5. The monoisotopic (exact) mass is 331 g/mol. The number of aromatic nitrogens is 4. The fraction of sp³-hybridized carbons (Fsp3) is 0.529. The van der Waals surface area contributed by atoms with Crippen molar-refractivity contribution in [3.63, 3.8) is 0 Å². The van der Waals surface area contributed by atoms with Gasteiger partial charge >= 0.3 is 0 Å². The Morgan fingerprint density at radius 3 is 2.67 bits per heavy atom. The minimum absolute atomic E-state index is 0.0439. The molecule has 0 saturated carbocycles. The highest BCUT2D eigenvalue weighted by Gasteiger charge is 2.15. The summed E-state index contributed by atoms with van der Waals surface area (Å²) in [7, 11) is 0. The minimum Gasteiger partial charge on any atom is -0.396 e. The summed E-state index contributed by atoms with van der Waals surface area (Å²) in [6, 6.07) is 7.83. The zero-order chi connectivity index (χ0) is 17.6. The van der Waals surface area contributed by atoms with Crippen molar-refractivity contribution in [3.05, 3.63) is 29.8 Å². The van der Waals surface area contributed by atoms with Crippen LogP contribution in [0.1, 0.15) is 32.3 Å². The summed E-state index contributed by atoms with van der Waals surface area (Å²) in [5.41, 5.74) is 1.93. The number of hydrogen-bond acceptors (Lipinski definition) is 5. The van der Waals surface area contributed by atoms with Crippen LogP contribution in [-0.2, 0) is 11.3 Å². The summed E-state index contributed by atoms with van der Waals surface area (Å²) in [4.78, 5) is 13.2. The van der Waals surface area contributed by atoms with E-state index in [1.54, 1.807) is 0 Å². The molecule has 1 amide bonds. The van der Waals surface area contributed by atoms with E-state index in [4.69, 9.17) is 0 Å². The first-order chi connectivity index (χ1) is 11.4. The molecule has 0 bridgehead atoms. The predicted octanol–water partition coefficient (Wildman–Crippen LogP) is 1.56. The molecule has 0 saturated heterocycles. The van der Waals surface area contributed by atoms with Crippen molar-refractivity contribution in [2.24, 2.45) is 5.41 Å². The zero-order valence-electron chi connectivity index (χ0n) is 14.5. The first-order valence-electron chi connectivity index (χ1n) is 8.12. The Kier molecular flexibility index (Phi) is 6.03. The highest BCUT2D eigenvalue weighted by atomic mass is 16.3. The van der Waals surface area contributed by atoms with Crippen molar-refractivity contribution in [2.75, 3.05) is 13.2 Å². The fourth-order valence-electron chi connectivity index (χ4n) is 2.19. The van der Waals surface area contributed by atoms with Gasteiger partial charge in [-0.3, -0.25) is 4.79 Å². The van der Waals surface area contributed by atoms with E-state index in [9.17, 15) is 9.90 Å². The number of aryl methyl sites for hydroxylation is 1. The Labute approximate surface area is 142 Å². The maximum Gasteiger partial charge on any atom is 0.243 e. The SMILES string of the molecule is Cc1ccc(-c2nnn(CC(=O)NCCCC(C)(C)CO)n2)cc1. The van der Waals surface area contributed by atoms with Crippen LogP contribution >= 0.6 is 0 Å². The van der Waals surface area contributed by atoms with Crippen LogP contribution in [0.5, 0.6) is 0 Å². The van der Waals surface area contributed by atoms with E-state index >= 15 is 0 Å². The fourth-order valence-corrected chi connectivity index (χ4v) is 2.19. The van der Waals surface area contributed by atoms with Gasteiger partial charge in [-0.05, 0) is 30.4 Å². The van der Waals surface area contributed by atoms with Gasteiger partial charge < -0.3 is 10.4 Å². The number of carbonyl (C=O) groups is 1. The summed E-state index contributed by atoms with van der Waals surface area (Å²) in [6.45, 7) is 6.78. The molecule has 7 heteroatoms. The molecular formula is C17H25N5O2. The summed E-state index contributed by atoms with van der Waals surface area (Å²) in [5, 5.41) is 24.2. The highest BCUT2D eigenvalue weighted by Crippen LogP contribution is 2.20. The largest absolute Gasteiger partial charge is 0.396 e. The minimum atomic E-state index is -0.148. The number of benzene rings is 1. The van der Waals surface area contributed by atoms with Gasteiger partial charge in [-0.1, -0.05) is 43.7 Å².